The molecule has 7 aromatic heterocycles. The lowest BCUT2D eigenvalue weighted by Crippen LogP contribution is -2.31. The van der Waals surface area contributed by atoms with E-state index in [2.05, 4.69) is 286 Å². The van der Waals surface area contributed by atoms with Gasteiger partial charge in [0.05, 0.1) is 39.5 Å². The summed E-state index contributed by atoms with van der Waals surface area (Å²) in [5.41, 5.74) is 10.3. The Labute approximate surface area is 723 Å². The van der Waals surface area contributed by atoms with Gasteiger partial charge < -0.3 is 85.2 Å². The van der Waals surface area contributed by atoms with Crippen LogP contribution in [0.1, 0.15) is 78.5 Å². The first kappa shape index (κ1) is 95.8. The number of fused-ring (bicyclic) bond motifs is 7. The van der Waals surface area contributed by atoms with E-state index in [1.54, 1.807) is 45.6 Å². The molecule has 0 amide bonds. The molecule has 18 nitrogen and oxygen atoms in total. The third-order valence-corrected chi connectivity index (χ3v) is 24.5. The van der Waals surface area contributed by atoms with Crippen molar-refractivity contribution in [2.45, 2.75) is 169 Å². The van der Waals surface area contributed by atoms with Gasteiger partial charge in [-0.3, -0.25) is 0 Å². The van der Waals surface area contributed by atoms with Crippen molar-refractivity contribution >= 4 is 76.3 Å². The molecule has 15 rings (SSSR count). The van der Waals surface area contributed by atoms with Gasteiger partial charge in [0.15, 0.2) is 11.6 Å². The SMILES string of the molecule is CC[C@@H](Cn1ccc2cc(OC)ccc21)N(C)C.CC[C@H](Cn1ccc2cc(OC)ccc21)N(C)C.COc1cc2c(ccn2C[C@@H](C)N(C)C)cc1F.COc1ccc2c(ccn2C[C@H]2CCCN2C)c1.C[C@H](Cn1ccc2ccc(F)cc21)N(C)C.Cc1cc2cc(F)ccc2n1C[C@@H](C)N(C)C.Cc1cn(C[C@@H](C)N(C)C)c2ccc(F)cc12. The number of halogens is 4. The van der Waals surface area contributed by atoms with E-state index in [1.165, 1.54) is 89.2 Å². The quantitative estimate of drug-likeness (QED) is 0.0485. The smallest absolute Gasteiger partial charge is 0.165 e. The highest BCUT2D eigenvalue weighted by molar-refractivity contribution is 5.86. The predicted molar refractivity (Wildman–Crippen MR) is 503 cm³/mol. The van der Waals surface area contributed by atoms with Crippen LogP contribution >= 0.6 is 0 Å². The van der Waals surface area contributed by atoms with Gasteiger partial charge in [-0.25, -0.2) is 17.6 Å². The van der Waals surface area contributed by atoms with Crippen LogP contribution in [0, 0.1) is 37.1 Å². The fourth-order valence-electron chi connectivity index (χ4n) is 15.4. The zero-order valence-electron chi connectivity index (χ0n) is 77.4. The minimum atomic E-state index is -0.316. The van der Waals surface area contributed by atoms with Gasteiger partial charge >= 0.3 is 0 Å². The normalized spacial score (nSPS) is 14.4. The molecule has 0 radical (unpaired) electrons. The van der Waals surface area contributed by atoms with Gasteiger partial charge in [0.25, 0.3) is 0 Å². The van der Waals surface area contributed by atoms with Crippen molar-refractivity contribution < 1.29 is 36.5 Å². The number of hydrogen-bond acceptors (Lipinski definition) is 11. The molecule has 7 aromatic carbocycles. The summed E-state index contributed by atoms with van der Waals surface area (Å²) in [7, 11) is 33.9. The van der Waals surface area contributed by atoms with Crippen LogP contribution < -0.4 is 18.9 Å². The van der Waals surface area contributed by atoms with E-state index in [1.807, 2.05) is 73.9 Å². The average molecular weight is 1680 g/mol. The predicted octanol–water partition coefficient (Wildman–Crippen LogP) is 20.3. The molecule has 1 aliphatic heterocycles. The summed E-state index contributed by atoms with van der Waals surface area (Å²) in [5, 5.41) is 7.72. The first-order valence-electron chi connectivity index (χ1n) is 42.8. The van der Waals surface area contributed by atoms with Crippen molar-refractivity contribution in [3.8, 4) is 23.0 Å². The second kappa shape index (κ2) is 44.8. The van der Waals surface area contributed by atoms with E-state index >= 15 is 0 Å². The fourth-order valence-corrected chi connectivity index (χ4v) is 15.4. The van der Waals surface area contributed by atoms with E-state index in [0.717, 1.165) is 125 Å². The number of ether oxygens (including phenoxy) is 4. The average Bonchev–Trinajstić information content (AvgIpc) is 1.68. The van der Waals surface area contributed by atoms with Gasteiger partial charge in [-0.05, 0) is 328 Å². The van der Waals surface area contributed by atoms with Crippen molar-refractivity contribution in [3.05, 3.63) is 229 Å². The number of likely N-dealkylation sites (tertiary alicyclic amines) is 1. The highest BCUT2D eigenvalue weighted by atomic mass is 19.1. The molecule has 1 aliphatic rings. The van der Waals surface area contributed by atoms with Gasteiger partial charge in [-0.15, -0.1) is 0 Å². The minimum absolute atomic E-state index is 0.168. The lowest BCUT2D eigenvalue weighted by Gasteiger charge is -2.23. The number of benzene rings is 7. The molecule has 0 unspecified atom stereocenters. The molecule has 1 fully saturated rings. The molecule has 7 atom stereocenters. The maximum atomic E-state index is 13.6. The number of nitrogens with zero attached hydrogens (tertiary/aromatic N) is 14. The third kappa shape index (κ3) is 25.3. The number of likely N-dealkylation sites (N-methyl/N-ethyl adjacent to an activating group) is 7. The van der Waals surface area contributed by atoms with E-state index < -0.39 is 0 Å². The molecular weight excluding hydrogens is 1540 g/mol. The maximum Gasteiger partial charge on any atom is 0.165 e. The Kier molecular flexibility index (Phi) is 35.2. The van der Waals surface area contributed by atoms with Crippen LogP contribution in [0.5, 0.6) is 23.0 Å². The molecule has 0 N–H and O–H groups in total. The molecular formula is C100H138F4N14O4. The van der Waals surface area contributed by atoms with Gasteiger partial charge in [-0.2, -0.15) is 0 Å². The molecule has 0 saturated carbocycles. The number of aromatic nitrogens is 7. The first-order valence-corrected chi connectivity index (χ1v) is 42.8. The Bertz CT molecular complexity index is 5370. The van der Waals surface area contributed by atoms with Crippen LogP contribution in [0.4, 0.5) is 17.6 Å². The van der Waals surface area contributed by atoms with Gasteiger partial charge in [-0.1, -0.05) is 13.8 Å². The summed E-state index contributed by atoms with van der Waals surface area (Å²) >= 11 is 0. The number of rotatable bonds is 26. The molecule has 122 heavy (non-hydrogen) atoms. The van der Waals surface area contributed by atoms with Crippen molar-refractivity contribution in [2.24, 2.45) is 0 Å². The van der Waals surface area contributed by atoms with E-state index in [4.69, 9.17) is 18.9 Å². The molecule has 1 saturated heterocycles. The maximum absolute atomic E-state index is 13.6. The Morgan fingerprint density at radius 2 is 0.762 bits per heavy atom. The molecule has 0 aliphatic carbocycles. The third-order valence-electron chi connectivity index (χ3n) is 24.5. The highest BCUT2D eigenvalue weighted by Crippen LogP contribution is 2.31. The second-order valence-electron chi connectivity index (χ2n) is 34.2. The fraction of sp³-hybridized carbons (Fsp3) is 0.440. The number of aryl methyl sites for hydroxylation is 2. The van der Waals surface area contributed by atoms with Crippen LogP contribution in [-0.4, -0.2) is 235 Å². The summed E-state index contributed by atoms with van der Waals surface area (Å²) in [6, 6.07) is 53.0. The Balaban J connectivity index is 0.000000162. The lowest BCUT2D eigenvalue weighted by atomic mass is 10.2. The monoisotopic (exact) mass is 1680 g/mol. The molecule has 0 bridgehead atoms. The summed E-state index contributed by atoms with van der Waals surface area (Å²) < 4.78 is 89.6. The standard InChI is InChI=1S/C15H20N2O.2C15H22N2O.C14H19FN2O.2C14H19FN2.C13H17FN2/c1-16-8-3-4-13(16)11-17-9-7-12-10-14(18-2)5-6-15(12)17;2*1-5-13(16(2)3)11-17-9-8-12-10-14(18-4)6-7-15(12)17;1-10(16(2)3)9-17-6-5-11-7-12(15)14(18-4)8-13(11)17;1-10-8-17(9-11(2)16(3)4)14-6-5-12(15)7-13(10)14;1-10-7-12-8-13(15)5-6-14(12)17(10)9-11(2)16(3)4;1-10(15(2)3)9-16-7-6-11-4-5-12(14)8-13(11)16/h5-7,9-10,13H,3-4,8,11H2,1-2H3;2*6-10,13H,5,11H2,1-4H3;5-8,10H,9H2,1-4H3;2*5-8,11H,9H2,1-4H3;4-8,10H,9H2,1-3H3/t3*13-;10-;2*11-;10-/m1101111/s1. The van der Waals surface area contributed by atoms with Crippen LogP contribution in [0.3, 0.4) is 0 Å². The summed E-state index contributed by atoms with van der Waals surface area (Å²) in [6.45, 7) is 25.2. The van der Waals surface area contributed by atoms with Crippen LogP contribution in [-0.2, 0) is 45.8 Å². The zero-order chi connectivity index (χ0) is 88.9. The molecule has 8 heterocycles. The molecule has 660 valence electrons. The van der Waals surface area contributed by atoms with Gasteiger partial charge in [0.1, 0.15) is 34.7 Å². The van der Waals surface area contributed by atoms with E-state index in [-0.39, 0.29) is 23.3 Å². The van der Waals surface area contributed by atoms with Crippen LogP contribution in [0.2, 0.25) is 0 Å². The molecule has 14 aromatic rings. The summed E-state index contributed by atoms with van der Waals surface area (Å²) in [6.07, 6.45) is 17.6. The van der Waals surface area contributed by atoms with Crippen molar-refractivity contribution in [2.75, 3.05) is 127 Å². The van der Waals surface area contributed by atoms with Crippen molar-refractivity contribution in [1.82, 2.24) is 66.3 Å². The second-order valence-corrected chi connectivity index (χ2v) is 34.2. The minimum Gasteiger partial charge on any atom is -0.497 e. The zero-order valence-corrected chi connectivity index (χ0v) is 77.4. The largest absolute Gasteiger partial charge is 0.497 e. The van der Waals surface area contributed by atoms with Gasteiger partial charge in [0, 0.05) is 197 Å². The number of methoxy groups -OCH3 is 4. The van der Waals surface area contributed by atoms with E-state index in [9.17, 15) is 17.6 Å². The molecule has 0 spiro atoms. The Morgan fingerprint density at radius 1 is 0.369 bits per heavy atom. The first-order chi connectivity index (χ1) is 58.1. The molecule has 22 heteroatoms. The summed E-state index contributed by atoms with van der Waals surface area (Å²) in [4.78, 5) is 15.7. The van der Waals surface area contributed by atoms with Crippen LogP contribution in [0.15, 0.2) is 195 Å². The Hall–Kier alpha value is -10.0. The lowest BCUT2D eigenvalue weighted by molar-refractivity contribution is 0.259. The van der Waals surface area contributed by atoms with Crippen molar-refractivity contribution in [3.63, 3.8) is 0 Å². The van der Waals surface area contributed by atoms with E-state index in [0.29, 0.717) is 48.0 Å². The van der Waals surface area contributed by atoms with Gasteiger partial charge in [0.2, 0.25) is 0 Å². The number of hydrogen-bond donors (Lipinski definition) is 0. The highest BCUT2D eigenvalue weighted by Gasteiger charge is 2.23. The topological polar surface area (TPSA) is 94.1 Å². The Morgan fingerprint density at radius 3 is 1.20 bits per heavy atom. The van der Waals surface area contributed by atoms with Crippen molar-refractivity contribution in [1.29, 1.82) is 0 Å². The summed E-state index contributed by atoms with van der Waals surface area (Å²) in [5.74, 6) is 2.22. The van der Waals surface area contributed by atoms with Crippen LogP contribution in [0.25, 0.3) is 76.3 Å².